The van der Waals surface area contributed by atoms with E-state index in [4.69, 9.17) is 11.2 Å². The monoisotopic (exact) mass is 471 g/mol. The minimum atomic E-state index is -4.61. The summed E-state index contributed by atoms with van der Waals surface area (Å²) in [7, 11) is -2.86. The van der Waals surface area contributed by atoms with Gasteiger partial charge in [0.1, 0.15) is 17.1 Å². The predicted octanol–water partition coefficient (Wildman–Crippen LogP) is 2.03. The van der Waals surface area contributed by atoms with E-state index in [-0.39, 0.29) is 27.6 Å². The number of amides is 1. The molecule has 1 aliphatic rings. The number of aryl methyl sites for hydroxylation is 2. The molecule has 2 atom stereocenters. The normalized spacial score (nSPS) is 19.6. The van der Waals surface area contributed by atoms with Gasteiger partial charge in [0.05, 0.1) is 11.6 Å². The summed E-state index contributed by atoms with van der Waals surface area (Å²) in [6.07, 6.45) is 1.77. The van der Waals surface area contributed by atoms with Crippen molar-refractivity contribution in [1.82, 2.24) is 9.29 Å². The molecular weight excluding hydrogens is 451 g/mol. The number of anilines is 1. The molecule has 3 N–H and O–H groups in total. The van der Waals surface area contributed by atoms with Crippen molar-refractivity contribution in [2.24, 2.45) is 7.05 Å². The van der Waals surface area contributed by atoms with Crippen molar-refractivity contribution < 1.29 is 36.2 Å². The third kappa shape index (κ3) is 4.32. The van der Waals surface area contributed by atoms with Crippen LogP contribution in [0.1, 0.15) is 28.5 Å². The van der Waals surface area contributed by atoms with E-state index in [0.29, 0.717) is 0 Å². The molecule has 0 radical (unpaired) electrons. The average molecular weight is 471 g/mol. The van der Waals surface area contributed by atoms with Crippen LogP contribution in [0.5, 0.6) is 5.75 Å². The lowest BCUT2D eigenvalue weighted by Crippen LogP contribution is -2.52. The first-order valence-corrected chi connectivity index (χ1v) is 10.7. The fourth-order valence-electron chi connectivity index (χ4n) is 3.19. The lowest BCUT2D eigenvalue weighted by atomic mass is 9.99. The molecular formula is C20H20F3N3O5S. The number of carbonyl (C=O) groups excluding carboxylic acids is 1. The number of rotatable bonds is 3. The molecule has 0 spiro atoms. The molecule has 1 aromatic carbocycles. The van der Waals surface area contributed by atoms with Crippen LogP contribution in [0.25, 0.3) is 0 Å². The van der Waals surface area contributed by atoms with Crippen LogP contribution >= 0.6 is 0 Å². The zero-order valence-electron chi connectivity index (χ0n) is 17.2. The molecule has 1 aromatic heterocycles. The number of halogens is 3. The summed E-state index contributed by atoms with van der Waals surface area (Å²) in [6.45, 7) is 2.12. The van der Waals surface area contributed by atoms with Crippen LogP contribution < -0.4 is 14.8 Å². The van der Waals surface area contributed by atoms with Gasteiger partial charge in [-0.15, -0.1) is 6.42 Å². The van der Waals surface area contributed by atoms with Crippen molar-refractivity contribution in [3.05, 3.63) is 41.2 Å². The fourth-order valence-corrected chi connectivity index (χ4v) is 4.69. The third-order valence-electron chi connectivity index (χ3n) is 5.07. The van der Waals surface area contributed by atoms with Crippen molar-refractivity contribution in [3.8, 4) is 18.1 Å². The molecule has 0 saturated heterocycles. The summed E-state index contributed by atoms with van der Waals surface area (Å²) >= 11 is 0. The Labute approximate surface area is 182 Å². The van der Waals surface area contributed by atoms with E-state index in [1.54, 1.807) is 0 Å². The van der Waals surface area contributed by atoms with Gasteiger partial charge in [0.25, 0.3) is 5.91 Å². The van der Waals surface area contributed by atoms with Gasteiger partial charge >= 0.3 is 6.18 Å². The molecule has 0 bridgehead atoms. The summed E-state index contributed by atoms with van der Waals surface area (Å²) in [5.74, 6) is 0.876. The molecule has 8 nitrogen and oxygen atoms in total. The first-order chi connectivity index (χ1) is 14.7. The quantitative estimate of drug-likeness (QED) is 0.594. The van der Waals surface area contributed by atoms with Crippen molar-refractivity contribution in [2.45, 2.75) is 36.6 Å². The Kier molecular flexibility index (Phi) is 5.80. The van der Waals surface area contributed by atoms with Crippen molar-refractivity contribution in [1.29, 1.82) is 0 Å². The SMILES string of the molecule is C#C[C@](C)(O)[C@H]1COc2c(cn(C)c2C(=O)Nc2ccc(C)c(C(F)(F)F)c2)S(=O)(=O)N1. The second kappa shape index (κ2) is 7.84. The van der Waals surface area contributed by atoms with Crippen LogP contribution in [0.15, 0.2) is 29.3 Å². The number of ether oxygens (including phenoxy) is 1. The summed E-state index contributed by atoms with van der Waals surface area (Å²) < 4.78 is 74.0. The molecule has 2 aromatic rings. The molecule has 3 rings (SSSR count). The van der Waals surface area contributed by atoms with E-state index >= 15 is 0 Å². The molecule has 0 aliphatic carbocycles. The number of benzene rings is 1. The van der Waals surface area contributed by atoms with Crippen molar-refractivity contribution >= 4 is 21.6 Å². The van der Waals surface area contributed by atoms with Crippen LogP contribution in [0.3, 0.4) is 0 Å². The zero-order chi connectivity index (χ0) is 24.1. The van der Waals surface area contributed by atoms with Crippen LogP contribution in [0.2, 0.25) is 0 Å². The van der Waals surface area contributed by atoms with Gasteiger partial charge in [0, 0.05) is 18.9 Å². The van der Waals surface area contributed by atoms with Crippen LogP contribution in [-0.4, -0.2) is 42.2 Å². The number of sulfonamides is 1. The molecule has 2 heterocycles. The molecule has 0 fully saturated rings. The molecule has 1 amide bonds. The van der Waals surface area contributed by atoms with Gasteiger partial charge in [-0.1, -0.05) is 12.0 Å². The molecule has 0 saturated carbocycles. The number of terminal acetylenes is 1. The number of aromatic nitrogens is 1. The lowest BCUT2D eigenvalue weighted by Gasteiger charge is -2.26. The first kappa shape index (κ1) is 23.6. The van der Waals surface area contributed by atoms with E-state index in [1.807, 2.05) is 0 Å². The molecule has 1 aliphatic heterocycles. The number of alkyl halides is 3. The van der Waals surface area contributed by atoms with Crippen LogP contribution in [0.4, 0.5) is 18.9 Å². The highest BCUT2D eigenvalue weighted by molar-refractivity contribution is 7.89. The lowest BCUT2D eigenvalue weighted by molar-refractivity contribution is -0.138. The first-order valence-electron chi connectivity index (χ1n) is 9.21. The number of fused-ring (bicyclic) bond motifs is 1. The molecule has 172 valence electrons. The third-order valence-corrected chi connectivity index (χ3v) is 6.54. The second-order valence-electron chi connectivity index (χ2n) is 7.54. The largest absolute Gasteiger partial charge is 0.488 e. The topological polar surface area (TPSA) is 110 Å². The summed E-state index contributed by atoms with van der Waals surface area (Å²) in [5, 5.41) is 12.6. The number of hydrogen-bond donors (Lipinski definition) is 3. The fraction of sp³-hybridized carbons (Fsp3) is 0.350. The predicted molar refractivity (Wildman–Crippen MR) is 109 cm³/mol. The minimum absolute atomic E-state index is 0.0182. The molecule has 12 heteroatoms. The van der Waals surface area contributed by atoms with Gasteiger partial charge in [-0.05, 0) is 31.5 Å². The van der Waals surface area contributed by atoms with E-state index in [0.717, 1.165) is 12.3 Å². The Morgan fingerprint density at radius 2 is 2.06 bits per heavy atom. The highest BCUT2D eigenvalue weighted by Gasteiger charge is 2.41. The Hall–Kier alpha value is -3.01. The standard InChI is InChI=1S/C20H20F3N3O5S/c1-5-19(3,28)15-10-31-17-14(32(29,30)25-15)9-26(4)16(17)18(27)24-12-7-6-11(2)13(8-12)20(21,22)23/h1,6-9,15,25,28H,10H2,2-4H3,(H,24,27)/t15-,19+/m1/s1. The Bertz CT molecular complexity index is 1230. The van der Waals surface area contributed by atoms with Crippen LogP contribution in [-0.2, 0) is 23.2 Å². The van der Waals surface area contributed by atoms with Crippen molar-refractivity contribution in [2.75, 3.05) is 11.9 Å². The van der Waals surface area contributed by atoms with E-state index < -0.39 is 45.9 Å². The highest BCUT2D eigenvalue weighted by Crippen LogP contribution is 2.35. The smallest absolute Gasteiger partial charge is 0.416 e. The van der Waals surface area contributed by atoms with E-state index in [1.165, 1.54) is 37.6 Å². The number of nitrogens with one attached hydrogen (secondary N) is 2. The maximum atomic E-state index is 13.2. The zero-order valence-corrected chi connectivity index (χ0v) is 18.1. The van der Waals surface area contributed by atoms with E-state index in [2.05, 4.69) is 16.0 Å². The van der Waals surface area contributed by atoms with Crippen molar-refractivity contribution in [3.63, 3.8) is 0 Å². The molecule has 0 unspecified atom stereocenters. The van der Waals surface area contributed by atoms with Gasteiger partial charge in [-0.2, -0.15) is 13.2 Å². The number of nitrogens with zero attached hydrogens (tertiary/aromatic N) is 1. The Balaban J connectivity index is 1.99. The van der Waals surface area contributed by atoms with Gasteiger partial charge < -0.3 is 19.7 Å². The van der Waals surface area contributed by atoms with Crippen LogP contribution in [0, 0.1) is 19.3 Å². The highest BCUT2D eigenvalue weighted by atomic mass is 32.2. The maximum absolute atomic E-state index is 13.2. The van der Waals surface area contributed by atoms with E-state index in [9.17, 15) is 31.5 Å². The maximum Gasteiger partial charge on any atom is 0.416 e. The van der Waals surface area contributed by atoms with Gasteiger partial charge in [0.2, 0.25) is 10.0 Å². The van der Waals surface area contributed by atoms with Gasteiger partial charge in [0.15, 0.2) is 11.4 Å². The second-order valence-corrected chi connectivity index (χ2v) is 9.22. The van der Waals surface area contributed by atoms with Gasteiger partial charge in [-0.3, -0.25) is 4.79 Å². The Morgan fingerprint density at radius 3 is 2.66 bits per heavy atom. The number of aliphatic hydroxyl groups is 1. The minimum Gasteiger partial charge on any atom is -0.488 e. The summed E-state index contributed by atoms with van der Waals surface area (Å²) in [4.78, 5) is 12.5. The average Bonchev–Trinajstić information content (AvgIpc) is 2.96. The number of hydrogen-bond acceptors (Lipinski definition) is 5. The molecule has 32 heavy (non-hydrogen) atoms. The van der Waals surface area contributed by atoms with Gasteiger partial charge in [-0.25, -0.2) is 13.1 Å². The number of carbonyl (C=O) groups is 1. The summed E-state index contributed by atoms with van der Waals surface area (Å²) in [5.41, 5.74) is -3.18. The Morgan fingerprint density at radius 1 is 1.41 bits per heavy atom. The summed E-state index contributed by atoms with van der Waals surface area (Å²) in [6, 6.07) is 2.08.